The van der Waals surface area contributed by atoms with E-state index in [1.54, 1.807) is 9.80 Å². The van der Waals surface area contributed by atoms with Crippen LogP contribution in [0.4, 0.5) is 5.69 Å². The molecule has 1 amide bonds. The van der Waals surface area contributed by atoms with Crippen LogP contribution in [-0.2, 0) is 13.1 Å². The Hall–Kier alpha value is -2.95. The van der Waals surface area contributed by atoms with E-state index in [1.807, 2.05) is 43.3 Å². The maximum Gasteiger partial charge on any atom is 0.255 e. The quantitative estimate of drug-likeness (QED) is 0.578. The lowest BCUT2D eigenvalue weighted by atomic mass is 10.1. The first-order valence-electron chi connectivity index (χ1n) is 10.8. The normalized spacial score (nSPS) is 18.7. The van der Waals surface area contributed by atoms with Crippen molar-refractivity contribution in [3.05, 3.63) is 101 Å². The molecular formula is C26H31N3O+2. The summed E-state index contributed by atoms with van der Waals surface area (Å²) in [6, 6.07) is 26.7. The predicted octanol–water partition coefficient (Wildman–Crippen LogP) is 1.73. The van der Waals surface area contributed by atoms with Gasteiger partial charge in [-0.2, -0.15) is 0 Å². The molecule has 0 aliphatic carbocycles. The van der Waals surface area contributed by atoms with Crippen molar-refractivity contribution in [1.29, 1.82) is 0 Å². The first kappa shape index (κ1) is 20.3. The number of piperazine rings is 1. The molecule has 30 heavy (non-hydrogen) atoms. The predicted molar refractivity (Wildman–Crippen MR) is 121 cm³/mol. The lowest BCUT2D eigenvalue weighted by molar-refractivity contribution is -1.02. The standard InChI is InChI=1S/C26H29N3O/c1-21-6-5-9-25(18-21)27-26(30)24-12-10-23(11-13-24)20-29-16-14-28(15-17-29)19-22-7-3-2-4-8-22/h2-13,18H,14-17,19-20H2,1H3,(H,27,30)/p+2. The number of benzene rings is 3. The molecular weight excluding hydrogens is 370 g/mol. The van der Waals surface area contributed by atoms with Gasteiger partial charge < -0.3 is 15.1 Å². The van der Waals surface area contributed by atoms with Crippen molar-refractivity contribution < 1.29 is 14.6 Å². The van der Waals surface area contributed by atoms with Gasteiger partial charge in [0, 0.05) is 22.4 Å². The summed E-state index contributed by atoms with van der Waals surface area (Å²) in [5.74, 6) is -0.0578. The molecule has 3 aromatic rings. The molecule has 1 saturated heterocycles. The Morgan fingerprint density at radius 1 is 0.767 bits per heavy atom. The Labute approximate surface area is 179 Å². The molecule has 1 heterocycles. The number of carbonyl (C=O) groups excluding carboxylic acids is 1. The van der Waals surface area contributed by atoms with E-state index in [0.717, 1.165) is 24.3 Å². The van der Waals surface area contributed by atoms with Gasteiger partial charge in [-0.05, 0) is 36.8 Å². The van der Waals surface area contributed by atoms with Gasteiger partial charge in [-0.25, -0.2) is 0 Å². The van der Waals surface area contributed by atoms with Crippen LogP contribution < -0.4 is 15.1 Å². The molecule has 154 valence electrons. The molecule has 1 fully saturated rings. The lowest BCUT2D eigenvalue weighted by Gasteiger charge is -2.29. The number of aryl methyl sites for hydroxylation is 1. The first-order valence-corrected chi connectivity index (χ1v) is 10.8. The van der Waals surface area contributed by atoms with E-state index in [1.165, 1.54) is 37.3 Å². The average Bonchev–Trinajstić information content (AvgIpc) is 2.76. The van der Waals surface area contributed by atoms with Gasteiger partial charge in [0.15, 0.2) is 0 Å². The molecule has 0 saturated carbocycles. The van der Waals surface area contributed by atoms with Crippen LogP contribution >= 0.6 is 0 Å². The van der Waals surface area contributed by atoms with Crippen LogP contribution in [0.1, 0.15) is 27.0 Å². The molecule has 1 aliphatic rings. The summed E-state index contributed by atoms with van der Waals surface area (Å²) in [4.78, 5) is 15.8. The molecule has 0 unspecified atom stereocenters. The first-order chi connectivity index (χ1) is 14.7. The highest BCUT2D eigenvalue weighted by atomic mass is 16.1. The SMILES string of the molecule is Cc1cccc(NC(=O)c2ccc(C[NH+]3CC[NH+](Cc4ccccc4)CC3)cc2)c1. The zero-order chi connectivity index (χ0) is 20.8. The van der Waals surface area contributed by atoms with Crippen molar-refractivity contribution in [3.8, 4) is 0 Å². The second kappa shape index (κ2) is 9.70. The summed E-state index contributed by atoms with van der Waals surface area (Å²) >= 11 is 0. The van der Waals surface area contributed by atoms with Gasteiger partial charge in [0.25, 0.3) is 5.91 Å². The highest BCUT2D eigenvalue weighted by Crippen LogP contribution is 2.12. The van der Waals surface area contributed by atoms with Crippen molar-refractivity contribution in [2.75, 3.05) is 31.5 Å². The number of rotatable bonds is 6. The van der Waals surface area contributed by atoms with Crippen molar-refractivity contribution >= 4 is 11.6 Å². The topological polar surface area (TPSA) is 38.0 Å². The van der Waals surface area contributed by atoms with Crippen molar-refractivity contribution in [3.63, 3.8) is 0 Å². The largest absolute Gasteiger partial charge is 0.322 e. The smallest absolute Gasteiger partial charge is 0.255 e. The zero-order valence-electron chi connectivity index (χ0n) is 17.7. The van der Waals surface area contributed by atoms with Crippen molar-refractivity contribution in [1.82, 2.24) is 0 Å². The number of nitrogens with one attached hydrogen (secondary N) is 3. The monoisotopic (exact) mass is 401 g/mol. The fraction of sp³-hybridized carbons (Fsp3) is 0.269. The van der Waals surface area contributed by atoms with Gasteiger partial charge >= 0.3 is 0 Å². The van der Waals surface area contributed by atoms with Gasteiger partial charge in [0.1, 0.15) is 39.3 Å². The minimum absolute atomic E-state index is 0.0578. The summed E-state index contributed by atoms with van der Waals surface area (Å²) < 4.78 is 0. The Balaban J connectivity index is 1.26. The molecule has 4 heteroatoms. The minimum Gasteiger partial charge on any atom is -0.322 e. The van der Waals surface area contributed by atoms with E-state index in [2.05, 4.69) is 47.8 Å². The summed E-state index contributed by atoms with van der Waals surface area (Å²) in [6.07, 6.45) is 0. The van der Waals surface area contributed by atoms with Gasteiger partial charge in [-0.1, -0.05) is 54.6 Å². The van der Waals surface area contributed by atoms with Gasteiger partial charge in [0.05, 0.1) is 0 Å². The number of quaternary nitrogens is 2. The van der Waals surface area contributed by atoms with Crippen LogP contribution in [0.2, 0.25) is 0 Å². The number of hydrogen-bond acceptors (Lipinski definition) is 1. The Kier molecular flexibility index (Phi) is 6.57. The molecule has 3 aromatic carbocycles. The maximum atomic E-state index is 12.5. The molecule has 0 radical (unpaired) electrons. The number of anilines is 1. The number of carbonyl (C=O) groups is 1. The van der Waals surface area contributed by atoms with Gasteiger partial charge in [0.2, 0.25) is 0 Å². The number of hydrogen-bond donors (Lipinski definition) is 3. The average molecular weight is 402 g/mol. The summed E-state index contributed by atoms with van der Waals surface area (Å²) in [5, 5.41) is 2.98. The third-order valence-corrected chi connectivity index (χ3v) is 5.91. The van der Waals surface area contributed by atoms with E-state index in [0.29, 0.717) is 5.56 Å². The molecule has 0 aromatic heterocycles. The van der Waals surface area contributed by atoms with Crippen LogP contribution in [0.5, 0.6) is 0 Å². The second-order valence-electron chi connectivity index (χ2n) is 8.36. The Morgan fingerprint density at radius 2 is 1.37 bits per heavy atom. The second-order valence-corrected chi connectivity index (χ2v) is 8.36. The molecule has 0 atom stereocenters. The summed E-state index contributed by atoms with van der Waals surface area (Å²) in [6.45, 7) is 8.98. The molecule has 4 nitrogen and oxygen atoms in total. The minimum atomic E-state index is -0.0578. The van der Waals surface area contributed by atoms with Gasteiger partial charge in [-0.15, -0.1) is 0 Å². The Bertz CT molecular complexity index is 961. The van der Waals surface area contributed by atoms with E-state index < -0.39 is 0 Å². The number of amides is 1. The van der Waals surface area contributed by atoms with E-state index in [9.17, 15) is 4.79 Å². The summed E-state index contributed by atoms with van der Waals surface area (Å²) in [5.41, 5.74) is 5.40. The third kappa shape index (κ3) is 5.56. The summed E-state index contributed by atoms with van der Waals surface area (Å²) in [7, 11) is 0. The van der Waals surface area contributed by atoms with Crippen LogP contribution in [0.3, 0.4) is 0 Å². The highest BCUT2D eigenvalue weighted by molar-refractivity contribution is 6.04. The van der Waals surface area contributed by atoms with Crippen LogP contribution in [0.25, 0.3) is 0 Å². The van der Waals surface area contributed by atoms with Crippen LogP contribution in [0.15, 0.2) is 78.9 Å². The fourth-order valence-electron chi connectivity index (χ4n) is 4.18. The molecule has 0 bridgehead atoms. The van der Waals surface area contributed by atoms with Crippen LogP contribution in [0, 0.1) is 6.92 Å². The van der Waals surface area contributed by atoms with Crippen LogP contribution in [-0.4, -0.2) is 32.1 Å². The Morgan fingerprint density at radius 3 is 1.97 bits per heavy atom. The third-order valence-electron chi connectivity index (χ3n) is 5.91. The maximum absolute atomic E-state index is 12.5. The van der Waals surface area contributed by atoms with E-state index in [4.69, 9.17) is 0 Å². The molecule has 3 N–H and O–H groups in total. The van der Waals surface area contributed by atoms with Crippen molar-refractivity contribution in [2.45, 2.75) is 20.0 Å². The molecule has 0 spiro atoms. The van der Waals surface area contributed by atoms with Gasteiger partial charge in [-0.3, -0.25) is 4.79 Å². The molecule has 1 aliphatic heterocycles. The van der Waals surface area contributed by atoms with E-state index >= 15 is 0 Å². The van der Waals surface area contributed by atoms with E-state index in [-0.39, 0.29) is 5.91 Å². The fourth-order valence-corrected chi connectivity index (χ4v) is 4.18. The lowest BCUT2D eigenvalue weighted by Crippen LogP contribution is -3.27. The zero-order valence-corrected chi connectivity index (χ0v) is 17.7. The van der Waals surface area contributed by atoms with Crippen molar-refractivity contribution in [2.24, 2.45) is 0 Å². The highest BCUT2D eigenvalue weighted by Gasteiger charge is 2.23. The molecule has 4 rings (SSSR count).